The quantitative estimate of drug-likeness (QED) is 0.740. The molecule has 2 aromatic heterocycles. The summed E-state index contributed by atoms with van der Waals surface area (Å²) in [5.41, 5.74) is 0. The molecule has 0 amide bonds. The van der Waals surface area contributed by atoms with Gasteiger partial charge in [-0.2, -0.15) is 0 Å². The standard InChI is InChI=1S/C16H26N6O2S/c1-3-11-25(23,24)21-8-5-14(6-9-21)16-19-18-15(22(16)4-2)12-20-10-7-17-13-20/h7,10,13-14H,3-6,8-9,11-12H2,1-2H3. The number of rotatable bonds is 7. The van der Waals surface area contributed by atoms with Crippen molar-refractivity contribution in [3.63, 3.8) is 0 Å². The molecule has 0 N–H and O–H groups in total. The van der Waals surface area contributed by atoms with Gasteiger partial charge in [-0.25, -0.2) is 17.7 Å². The fraction of sp³-hybridized carbons (Fsp3) is 0.688. The number of piperidine rings is 1. The summed E-state index contributed by atoms with van der Waals surface area (Å²) in [4.78, 5) is 4.06. The molecule has 25 heavy (non-hydrogen) atoms. The molecule has 2 aromatic rings. The maximum atomic E-state index is 12.2. The smallest absolute Gasteiger partial charge is 0.214 e. The van der Waals surface area contributed by atoms with Crippen LogP contribution < -0.4 is 0 Å². The van der Waals surface area contributed by atoms with E-state index < -0.39 is 10.0 Å². The van der Waals surface area contributed by atoms with Crippen molar-refractivity contribution in [3.05, 3.63) is 30.4 Å². The first-order chi connectivity index (χ1) is 12.0. The van der Waals surface area contributed by atoms with E-state index in [4.69, 9.17) is 0 Å². The first kappa shape index (κ1) is 18.1. The van der Waals surface area contributed by atoms with Crippen LogP contribution in [0.5, 0.6) is 0 Å². The van der Waals surface area contributed by atoms with E-state index in [-0.39, 0.29) is 11.7 Å². The third-order valence-electron chi connectivity index (χ3n) is 4.73. The Balaban J connectivity index is 1.70. The van der Waals surface area contributed by atoms with Crippen LogP contribution in [0.4, 0.5) is 0 Å². The van der Waals surface area contributed by atoms with Crippen LogP contribution in [-0.4, -0.2) is 55.9 Å². The average Bonchev–Trinajstić information content (AvgIpc) is 3.25. The van der Waals surface area contributed by atoms with Crippen molar-refractivity contribution in [2.75, 3.05) is 18.8 Å². The number of sulfonamides is 1. The van der Waals surface area contributed by atoms with Crippen LogP contribution in [0.25, 0.3) is 0 Å². The van der Waals surface area contributed by atoms with Gasteiger partial charge < -0.3 is 9.13 Å². The molecule has 1 saturated heterocycles. The SMILES string of the molecule is CCCS(=O)(=O)N1CCC(c2nnc(Cn3ccnc3)n2CC)CC1. The molecule has 0 atom stereocenters. The van der Waals surface area contributed by atoms with Gasteiger partial charge in [-0.1, -0.05) is 6.92 Å². The molecule has 1 aliphatic heterocycles. The molecule has 0 aromatic carbocycles. The summed E-state index contributed by atoms with van der Waals surface area (Å²) < 4.78 is 30.2. The summed E-state index contributed by atoms with van der Waals surface area (Å²) in [6.07, 6.45) is 7.68. The molecular formula is C16H26N6O2S. The van der Waals surface area contributed by atoms with Crippen molar-refractivity contribution in [3.8, 4) is 0 Å². The summed E-state index contributed by atoms with van der Waals surface area (Å²) in [7, 11) is -3.10. The maximum Gasteiger partial charge on any atom is 0.214 e. The van der Waals surface area contributed by atoms with Crippen LogP contribution in [0.1, 0.15) is 50.7 Å². The summed E-state index contributed by atoms with van der Waals surface area (Å²) in [6, 6.07) is 0. The van der Waals surface area contributed by atoms with E-state index in [1.165, 1.54) is 0 Å². The second-order valence-corrected chi connectivity index (χ2v) is 8.53. The van der Waals surface area contributed by atoms with E-state index in [9.17, 15) is 8.42 Å². The lowest BCUT2D eigenvalue weighted by molar-refractivity contribution is 0.309. The lowest BCUT2D eigenvalue weighted by Gasteiger charge is -2.30. The summed E-state index contributed by atoms with van der Waals surface area (Å²) >= 11 is 0. The Morgan fingerprint density at radius 1 is 1.20 bits per heavy atom. The van der Waals surface area contributed by atoms with Gasteiger partial charge in [-0.3, -0.25) is 0 Å². The minimum absolute atomic E-state index is 0.234. The predicted molar refractivity (Wildman–Crippen MR) is 94.7 cm³/mol. The molecule has 1 aliphatic rings. The lowest BCUT2D eigenvalue weighted by atomic mass is 9.97. The Morgan fingerprint density at radius 3 is 2.56 bits per heavy atom. The first-order valence-electron chi connectivity index (χ1n) is 8.90. The van der Waals surface area contributed by atoms with E-state index in [1.54, 1.807) is 16.8 Å². The van der Waals surface area contributed by atoms with Gasteiger partial charge in [0.1, 0.15) is 5.82 Å². The van der Waals surface area contributed by atoms with Crippen LogP contribution in [0.15, 0.2) is 18.7 Å². The molecule has 9 heteroatoms. The molecule has 0 aliphatic carbocycles. The number of aromatic nitrogens is 5. The molecule has 3 rings (SSSR count). The Bertz CT molecular complexity index is 776. The van der Waals surface area contributed by atoms with Crippen LogP contribution in [0, 0.1) is 0 Å². The third-order valence-corrected chi connectivity index (χ3v) is 6.81. The molecule has 0 unspecified atom stereocenters. The van der Waals surface area contributed by atoms with Crippen LogP contribution >= 0.6 is 0 Å². The second kappa shape index (κ2) is 7.65. The Labute approximate surface area is 148 Å². The minimum atomic E-state index is -3.10. The van der Waals surface area contributed by atoms with Gasteiger partial charge in [0.2, 0.25) is 10.0 Å². The van der Waals surface area contributed by atoms with Gasteiger partial charge in [0.25, 0.3) is 0 Å². The zero-order chi connectivity index (χ0) is 17.9. The highest BCUT2D eigenvalue weighted by molar-refractivity contribution is 7.89. The highest BCUT2D eigenvalue weighted by Gasteiger charge is 2.30. The van der Waals surface area contributed by atoms with E-state index in [0.29, 0.717) is 26.1 Å². The molecule has 1 fully saturated rings. The number of imidazole rings is 1. The lowest BCUT2D eigenvalue weighted by Crippen LogP contribution is -2.39. The molecule has 0 saturated carbocycles. The first-order valence-corrected chi connectivity index (χ1v) is 10.5. The fourth-order valence-electron chi connectivity index (χ4n) is 3.44. The number of nitrogens with zero attached hydrogens (tertiary/aromatic N) is 6. The molecule has 0 radical (unpaired) electrons. The third kappa shape index (κ3) is 3.92. The minimum Gasteiger partial charge on any atom is -0.330 e. The molecule has 0 spiro atoms. The maximum absolute atomic E-state index is 12.2. The highest BCUT2D eigenvalue weighted by Crippen LogP contribution is 2.28. The largest absolute Gasteiger partial charge is 0.330 e. The number of hydrogen-bond acceptors (Lipinski definition) is 5. The van der Waals surface area contributed by atoms with Crippen LogP contribution in [-0.2, 0) is 23.1 Å². The van der Waals surface area contributed by atoms with Crippen LogP contribution in [0.2, 0.25) is 0 Å². The van der Waals surface area contributed by atoms with Crippen molar-refractivity contribution < 1.29 is 8.42 Å². The number of hydrogen-bond donors (Lipinski definition) is 0. The fourth-order valence-corrected chi connectivity index (χ4v) is 4.98. The van der Waals surface area contributed by atoms with Crippen molar-refractivity contribution in [1.82, 2.24) is 28.6 Å². The van der Waals surface area contributed by atoms with E-state index >= 15 is 0 Å². The molecule has 138 valence electrons. The van der Waals surface area contributed by atoms with Gasteiger partial charge >= 0.3 is 0 Å². The van der Waals surface area contributed by atoms with Crippen LogP contribution in [0.3, 0.4) is 0 Å². The topological polar surface area (TPSA) is 85.9 Å². The average molecular weight is 366 g/mol. The molecular weight excluding hydrogens is 340 g/mol. The molecule has 0 bridgehead atoms. The van der Waals surface area contributed by atoms with Crippen molar-refractivity contribution in [1.29, 1.82) is 0 Å². The van der Waals surface area contributed by atoms with Gasteiger partial charge in [0.15, 0.2) is 5.82 Å². The van der Waals surface area contributed by atoms with E-state index in [2.05, 4.69) is 26.7 Å². The molecule has 3 heterocycles. The molecule has 8 nitrogen and oxygen atoms in total. The second-order valence-electron chi connectivity index (χ2n) is 6.44. The van der Waals surface area contributed by atoms with E-state index in [0.717, 1.165) is 31.0 Å². The Hall–Kier alpha value is -1.74. The Morgan fingerprint density at radius 2 is 1.96 bits per heavy atom. The van der Waals surface area contributed by atoms with Gasteiger partial charge in [-0.05, 0) is 26.2 Å². The summed E-state index contributed by atoms with van der Waals surface area (Å²) in [6.45, 7) is 6.58. The normalized spacial score (nSPS) is 17.2. The van der Waals surface area contributed by atoms with Gasteiger partial charge in [0, 0.05) is 37.9 Å². The zero-order valence-corrected chi connectivity index (χ0v) is 15.7. The Kier molecular flexibility index (Phi) is 5.53. The summed E-state index contributed by atoms with van der Waals surface area (Å²) in [5, 5.41) is 8.79. The van der Waals surface area contributed by atoms with Gasteiger partial charge in [0.05, 0.1) is 18.6 Å². The monoisotopic (exact) mass is 366 g/mol. The predicted octanol–water partition coefficient (Wildman–Crippen LogP) is 1.46. The van der Waals surface area contributed by atoms with E-state index in [1.807, 2.05) is 17.7 Å². The van der Waals surface area contributed by atoms with Crippen molar-refractivity contribution >= 4 is 10.0 Å². The van der Waals surface area contributed by atoms with Crippen molar-refractivity contribution in [2.45, 2.75) is 52.1 Å². The highest BCUT2D eigenvalue weighted by atomic mass is 32.2. The van der Waals surface area contributed by atoms with Crippen molar-refractivity contribution in [2.24, 2.45) is 0 Å². The zero-order valence-electron chi connectivity index (χ0n) is 14.9. The van der Waals surface area contributed by atoms with Gasteiger partial charge in [-0.15, -0.1) is 10.2 Å². The summed E-state index contributed by atoms with van der Waals surface area (Å²) in [5.74, 6) is 2.39.